The molecule has 23 nitrogen and oxygen atoms in total. The molecule has 0 bridgehead atoms. The quantitative estimate of drug-likeness (QED) is 0.0131. The van der Waals surface area contributed by atoms with Crippen molar-refractivity contribution >= 4 is 59.7 Å². The highest BCUT2D eigenvalue weighted by molar-refractivity contribution is 5.83. The number of nitrogens with two attached hydrogens (primary N) is 9. The largest absolute Gasteiger partial charge is 0.370 e. The van der Waals surface area contributed by atoms with Crippen molar-refractivity contribution in [1.82, 2.24) is 21.3 Å². The van der Waals surface area contributed by atoms with Crippen LogP contribution in [0, 0.1) is 5.92 Å². The van der Waals surface area contributed by atoms with E-state index >= 15 is 0 Å². The number of aliphatic imine (C=N–C) groups is 4. The van der Waals surface area contributed by atoms with Crippen molar-refractivity contribution in [2.45, 2.75) is 127 Å². The Morgan fingerprint density at radius 2 is 0.776 bits per heavy atom. The summed E-state index contributed by atoms with van der Waals surface area (Å²) in [7, 11) is 0. The zero-order valence-electron chi connectivity index (χ0n) is 33.8. The predicted octanol–water partition coefficient (Wildman–Crippen LogP) is -3.81. The fraction of sp³-hybridized carbons (Fsp3) is 0.714. The molecule has 0 aromatic rings. The number of carbonyl (C=O) groups excluding carboxylic acids is 6. The van der Waals surface area contributed by atoms with Crippen LogP contribution in [-0.2, 0) is 28.8 Å². The first-order valence-electron chi connectivity index (χ1n) is 19.5. The zero-order chi connectivity index (χ0) is 43.9. The summed E-state index contributed by atoms with van der Waals surface area (Å²) in [5.41, 5.74) is 48.6. The number of aldehydes is 1. The summed E-state index contributed by atoms with van der Waals surface area (Å²) in [5, 5.41) is 11.4. The molecule has 0 aliphatic heterocycles. The monoisotopic (exact) mass is 824 g/mol. The normalized spacial score (nSPS) is 13.2. The van der Waals surface area contributed by atoms with Crippen LogP contribution >= 0.6 is 0 Å². The summed E-state index contributed by atoms with van der Waals surface area (Å²) < 4.78 is 0. The van der Waals surface area contributed by atoms with Crippen molar-refractivity contribution in [1.29, 1.82) is 0 Å². The molecule has 0 saturated carbocycles. The molecule has 5 atom stereocenters. The average molecular weight is 824 g/mol. The van der Waals surface area contributed by atoms with E-state index in [1.54, 1.807) is 0 Å². The molecule has 330 valence electrons. The Kier molecular flexibility index (Phi) is 28.0. The Bertz CT molecular complexity index is 1390. The summed E-state index contributed by atoms with van der Waals surface area (Å²) in [6.07, 6.45) is 4.32. The van der Waals surface area contributed by atoms with E-state index in [1.807, 2.05) is 6.92 Å². The number of primary amides is 1. The van der Waals surface area contributed by atoms with Crippen LogP contribution in [0.4, 0.5) is 0 Å². The Morgan fingerprint density at radius 3 is 1.12 bits per heavy atom. The van der Waals surface area contributed by atoms with Crippen LogP contribution in [0.25, 0.3) is 0 Å². The number of carbonyl (C=O) groups is 6. The minimum atomic E-state index is -0.715. The van der Waals surface area contributed by atoms with Gasteiger partial charge in [-0.05, 0) is 63.7 Å². The molecule has 0 rings (SSSR count). The van der Waals surface area contributed by atoms with Crippen molar-refractivity contribution < 1.29 is 28.8 Å². The summed E-state index contributed by atoms with van der Waals surface area (Å²) in [6, 6.07) is -2.53. The van der Waals surface area contributed by atoms with E-state index in [4.69, 9.17) is 51.6 Å². The van der Waals surface area contributed by atoms with Crippen molar-refractivity contribution in [2.24, 2.45) is 77.5 Å². The zero-order valence-corrected chi connectivity index (χ0v) is 33.8. The van der Waals surface area contributed by atoms with Crippen LogP contribution in [0.1, 0.15) is 103 Å². The molecule has 0 aliphatic rings. The van der Waals surface area contributed by atoms with E-state index in [0.29, 0.717) is 70.7 Å². The lowest BCUT2D eigenvalue weighted by molar-refractivity contribution is -0.126. The van der Waals surface area contributed by atoms with Gasteiger partial charge in [0.05, 0.1) is 0 Å². The standard InChI is InChI=1S/C35H69N17O6/c1-22(6-2-13-45-32(37)38)18-28(55)52-26(10-11-27(36)54)21-31(58)51-25(9-5-16-48-35(43)44)20-30(57)50-24(8-4-15-47-34(41)42)19-29(56)49-23(12-17-53)7-3-14-46-33(39)40/h17,22-26H,2-16,18-21H2,1H3,(H2,36,54)(H,49,56)(H,50,57)(H,51,58)(H,52,55)(H4,37,38,45)(H4,39,40,46)(H4,41,42,47)(H4,43,44,48). The summed E-state index contributed by atoms with van der Waals surface area (Å²) in [6.45, 7) is 3.15. The smallest absolute Gasteiger partial charge is 0.222 e. The third-order valence-corrected chi connectivity index (χ3v) is 8.57. The molecule has 23 heteroatoms. The molecule has 0 saturated heterocycles. The lowest BCUT2D eigenvalue weighted by atomic mass is 10.00. The topological polar surface area (TPSA) is 434 Å². The van der Waals surface area contributed by atoms with Gasteiger partial charge >= 0.3 is 0 Å². The Morgan fingerprint density at radius 1 is 0.466 bits per heavy atom. The van der Waals surface area contributed by atoms with E-state index in [-0.39, 0.29) is 93.7 Å². The number of hydrogen-bond acceptors (Lipinski definition) is 10. The number of hydrogen-bond donors (Lipinski definition) is 13. The van der Waals surface area contributed by atoms with E-state index in [1.165, 1.54) is 0 Å². The highest BCUT2D eigenvalue weighted by Gasteiger charge is 2.24. The lowest BCUT2D eigenvalue weighted by Gasteiger charge is -2.24. The molecule has 0 radical (unpaired) electrons. The molecule has 0 fully saturated rings. The van der Waals surface area contributed by atoms with Gasteiger partial charge < -0.3 is 77.7 Å². The minimum Gasteiger partial charge on any atom is -0.370 e. The first-order chi connectivity index (χ1) is 27.4. The highest BCUT2D eigenvalue weighted by Crippen LogP contribution is 2.13. The van der Waals surface area contributed by atoms with Gasteiger partial charge in [-0.15, -0.1) is 0 Å². The van der Waals surface area contributed by atoms with Crippen LogP contribution in [-0.4, -0.2) is 110 Å². The predicted molar refractivity (Wildman–Crippen MR) is 224 cm³/mol. The van der Waals surface area contributed by atoms with Crippen molar-refractivity contribution in [3.05, 3.63) is 0 Å². The van der Waals surface area contributed by atoms with Crippen LogP contribution in [0.15, 0.2) is 20.0 Å². The van der Waals surface area contributed by atoms with Crippen LogP contribution in [0.2, 0.25) is 0 Å². The van der Waals surface area contributed by atoms with Crippen molar-refractivity contribution in [3.8, 4) is 0 Å². The number of rotatable bonds is 33. The molecule has 0 aromatic heterocycles. The molecule has 5 amide bonds. The third-order valence-electron chi connectivity index (χ3n) is 8.57. The van der Waals surface area contributed by atoms with Gasteiger partial charge in [-0.25, -0.2) is 0 Å². The van der Waals surface area contributed by atoms with E-state index in [9.17, 15) is 28.8 Å². The maximum absolute atomic E-state index is 13.5. The lowest BCUT2D eigenvalue weighted by Crippen LogP contribution is -2.46. The number of guanidine groups is 4. The maximum Gasteiger partial charge on any atom is 0.222 e. The molecule has 0 spiro atoms. The molecule has 0 aliphatic carbocycles. The van der Waals surface area contributed by atoms with Crippen molar-refractivity contribution in [3.63, 3.8) is 0 Å². The summed E-state index contributed by atoms with van der Waals surface area (Å²) >= 11 is 0. The van der Waals surface area contributed by atoms with E-state index in [2.05, 4.69) is 41.2 Å². The second-order valence-corrected chi connectivity index (χ2v) is 14.2. The van der Waals surface area contributed by atoms with Gasteiger partial charge in [0.2, 0.25) is 29.5 Å². The molecule has 0 heterocycles. The average Bonchev–Trinajstić information content (AvgIpc) is 3.10. The van der Waals surface area contributed by atoms with Crippen LogP contribution < -0.4 is 72.9 Å². The molecular formula is C35H69N17O6. The Labute approximate surface area is 340 Å². The second kappa shape index (κ2) is 31.2. The van der Waals surface area contributed by atoms with Crippen LogP contribution in [0.5, 0.6) is 0 Å². The molecule has 5 unspecified atom stereocenters. The SMILES string of the molecule is CC(CCCN=C(N)N)CC(=O)NC(CCC(N)=O)CC(=O)NC(CCCN=C(N)N)CC(=O)NC(CCCN=C(N)N)CC(=O)NC(CC=O)CCCN=C(N)N. The molecule has 22 N–H and O–H groups in total. The van der Waals surface area contributed by atoms with Gasteiger partial charge in [0.1, 0.15) is 6.29 Å². The van der Waals surface area contributed by atoms with Crippen molar-refractivity contribution in [2.75, 3.05) is 26.2 Å². The first kappa shape index (κ1) is 52.1. The third kappa shape index (κ3) is 31.3. The fourth-order valence-electron chi connectivity index (χ4n) is 5.88. The van der Waals surface area contributed by atoms with Gasteiger partial charge in [-0.2, -0.15) is 0 Å². The Balaban J connectivity index is 5.83. The van der Waals surface area contributed by atoms with Gasteiger partial charge in [-0.3, -0.25) is 43.9 Å². The maximum atomic E-state index is 13.5. The summed E-state index contributed by atoms with van der Waals surface area (Å²) in [5.74, 6) is -2.51. The van der Waals surface area contributed by atoms with Crippen LogP contribution in [0.3, 0.4) is 0 Å². The highest BCUT2D eigenvalue weighted by atomic mass is 16.2. The molecule has 0 aromatic carbocycles. The first-order valence-corrected chi connectivity index (χ1v) is 19.5. The van der Waals surface area contributed by atoms with Gasteiger partial charge in [-0.1, -0.05) is 6.92 Å². The Hall–Kier alpha value is -5.90. The second-order valence-electron chi connectivity index (χ2n) is 14.2. The van der Waals surface area contributed by atoms with Gasteiger partial charge in [0.25, 0.3) is 0 Å². The molecular weight excluding hydrogens is 754 g/mol. The van der Waals surface area contributed by atoms with Gasteiger partial charge in [0, 0.05) is 88.9 Å². The number of nitrogens with one attached hydrogen (secondary N) is 4. The summed E-state index contributed by atoms with van der Waals surface area (Å²) in [4.78, 5) is 91.7. The molecule has 58 heavy (non-hydrogen) atoms. The van der Waals surface area contributed by atoms with E-state index in [0.717, 1.165) is 0 Å². The fourth-order valence-corrected chi connectivity index (χ4v) is 5.88. The van der Waals surface area contributed by atoms with E-state index < -0.39 is 47.8 Å². The number of amides is 5. The van der Waals surface area contributed by atoms with Gasteiger partial charge in [0.15, 0.2) is 23.8 Å². The number of nitrogens with zero attached hydrogens (tertiary/aromatic N) is 4. The minimum absolute atomic E-state index is 0.00546.